The van der Waals surface area contributed by atoms with Crippen molar-refractivity contribution in [3.63, 3.8) is 0 Å². The number of ether oxygens (including phenoxy) is 2. The molecule has 30 heavy (non-hydrogen) atoms. The molecule has 0 amide bonds. The Kier molecular flexibility index (Phi) is 7.14. The van der Waals surface area contributed by atoms with Gasteiger partial charge < -0.3 is 20.1 Å². The van der Waals surface area contributed by atoms with E-state index >= 15 is 0 Å². The highest BCUT2D eigenvalue weighted by molar-refractivity contribution is 5.95. The van der Waals surface area contributed by atoms with E-state index < -0.39 is 17.9 Å². The Hall–Kier alpha value is -1.40. The van der Waals surface area contributed by atoms with Crippen molar-refractivity contribution in [1.29, 1.82) is 0 Å². The predicted molar refractivity (Wildman–Crippen MR) is 119 cm³/mol. The monoisotopic (exact) mass is 422 g/mol. The van der Waals surface area contributed by atoms with E-state index in [0.29, 0.717) is 25.7 Å². The van der Waals surface area contributed by atoms with Crippen molar-refractivity contribution in [2.75, 3.05) is 0 Å². The van der Waals surface area contributed by atoms with Gasteiger partial charge in [0.2, 0.25) is 0 Å². The van der Waals surface area contributed by atoms with Crippen LogP contribution in [0.2, 0.25) is 0 Å². The molecule has 0 unspecified atom stereocenters. The minimum atomic E-state index is -0.968. The van der Waals surface area contributed by atoms with Crippen LogP contribution >= 0.6 is 0 Å². The van der Waals surface area contributed by atoms with Crippen molar-refractivity contribution in [3.8, 4) is 0 Å². The number of hydrogen-bond acceptors (Lipinski definition) is 6. The van der Waals surface area contributed by atoms with Crippen LogP contribution in [0.1, 0.15) is 87.5 Å². The van der Waals surface area contributed by atoms with Crippen molar-refractivity contribution in [2.24, 2.45) is 5.92 Å². The van der Waals surface area contributed by atoms with Gasteiger partial charge in [-0.15, -0.1) is 6.58 Å². The highest BCUT2D eigenvalue weighted by atomic mass is 16.6. The molecule has 2 aliphatic rings. The standard InChI is InChI=1S/C24H42N2O4/c1-10-11-18(19(27)29-16-12-21(2,3)25-22(4,5)13-16)20(28)30-17-14-23(6,7)26-24(8,9)15-17/h10,16-18,25-26H,1,11-15H2,2-9H3. The van der Waals surface area contributed by atoms with Crippen molar-refractivity contribution in [2.45, 2.75) is 122 Å². The van der Waals surface area contributed by atoms with Crippen LogP contribution in [0.3, 0.4) is 0 Å². The molecule has 0 aromatic carbocycles. The number of carbonyl (C=O) groups excluding carboxylic acids is 2. The van der Waals surface area contributed by atoms with E-state index in [4.69, 9.17) is 9.47 Å². The molecule has 0 spiro atoms. The third kappa shape index (κ3) is 7.09. The molecule has 2 saturated heterocycles. The van der Waals surface area contributed by atoms with Crippen molar-refractivity contribution < 1.29 is 19.1 Å². The summed E-state index contributed by atoms with van der Waals surface area (Å²) in [5.74, 6) is -1.98. The number of esters is 2. The maximum Gasteiger partial charge on any atom is 0.320 e. The summed E-state index contributed by atoms with van der Waals surface area (Å²) in [6, 6.07) is 0. The lowest BCUT2D eigenvalue weighted by Crippen LogP contribution is -2.60. The quantitative estimate of drug-likeness (QED) is 0.384. The maximum absolute atomic E-state index is 13.0. The molecule has 0 saturated carbocycles. The molecule has 2 aliphatic heterocycles. The Morgan fingerprint density at radius 1 is 0.800 bits per heavy atom. The molecule has 0 aromatic rings. The van der Waals surface area contributed by atoms with E-state index in [1.165, 1.54) is 0 Å². The molecule has 0 radical (unpaired) electrons. The Labute approximate surface area is 182 Å². The Morgan fingerprint density at radius 2 is 1.10 bits per heavy atom. The zero-order valence-corrected chi connectivity index (χ0v) is 20.2. The highest BCUT2D eigenvalue weighted by Crippen LogP contribution is 2.33. The average Bonchev–Trinajstić information content (AvgIpc) is 2.45. The van der Waals surface area contributed by atoms with Crippen LogP contribution in [0.5, 0.6) is 0 Å². The lowest BCUT2D eigenvalue weighted by molar-refractivity contribution is -0.172. The first-order valence-electron chi connectivity index (χ1n) is 11.1. The van der Waals surface area contributed by atoms with E-state index in [1.54, 1.807) is 6.08 Å². The van der Waals surface area contributed by atoms with Gasteiger partial charge in [-0.05, 0) is 61.8 Å². The van der Waals surface area contributed by atoms with Gasteiger partial charge in [0.1, 0.15) is 12.2 Å². The predicted octanol–water partition coefficient (Wildman–Crippen LogP) is 3.88. The topological polar surface area (TPSA) is 76.7 Å². The van der Waals surface area contributed by atoms with E-state index in [9.17, 15) is 9.59 Å². The van der Waals surface area contributed by atoms with Crippen LogP contribution in [0.25, 0.3) is 0 Å². The number of allylic oxidation sites excluding steroid dienone is 1. The number of hydrogen-bond donors (Lipinski definition) is 2. The Morgan fingerprint density at radius 3 is 1.37 bits per heavy atom. The summed E-state index contributed by atoms with van der Waals surface area (Å²) in [6.45, 7) is 20.5. The molecule has 2 rings (SSSR count). The maximum atomic E-state index is 13.0. The molecule has 172 valence electrons. The molecule has 0 bridgehead atoms. The minimum Gasteiger partial charge on any atom is -0.462 e. The minimum absolute atomic E-state index is 0.145. The van der Waals surface area contributed by atoms with Crippen LogP contribution in [-0.2, 0) is 19.1 Å². The van der Waals surface area contributed by atoms with Gasteiger partial charge in [0.05, 0.1) is 0 Å². The number of nitrogens with one attached hydrogen (secondary N) is 2. The summed E-state index contributed by atoms with van der Waals surface area (Å²) >= 11 is 0. The normalized spacial score (nSPS) is 25.5. The number of rotatable bonds is 6. The fraction of sp³-hybridized carbons (Fsp3) is 0.833. The van der Waals surface area contributed by atoms with Gasteiger partial charge in [-0.25, -0.2) is 0 Å². The summed E-state index contributed by atoms with van der Waals surface area (Å²) in [4.78, 5) is 25.9. The molecule has 6 heteroatoms. The SMILES string of the molecule is C=CCC(C(=O)OC1CC(C)(C)NC(C)(C)C1)C(=O)OC1CC(C)(C)NC(C)(C)C1. The lowest BCUT2D eigenvalue weighted by Gasteiger charge is -2.46. The number of carbonyl (C=O) groups is 2. The summed E-state index contributed by atoms with van der Waals surface area (Å²) in [5, 5.41) is 7.15. The molecule has 2 N–H and O–H groups in total. The third-order valence-electron chi connectivity index (χ3n) is 5.84. The molecular weight excluding hydrogens is 380 g/mol. The number of piperidine rings is 2. The fourth-order valence-electron chi connectivity index (χ4n) is 5.57. The first kappa shape index (κ1) is 24.9. The van der Waals surface area contributed by atoms with E-state index in [-0.39, 0.29) is 40.8 Å². The van der Waals surface area contributed by atoms with Crippen molar-refractivity contribution >= 4 is 11.9 Å². The summed E-state index contributed by atoms with van der Waals surface area (Å²) in [6.07, 6.45) is 4.14. The average molecular weight is 423 g/mol. The smallest absolute Gasteiger partial charge is 0.320 e. The zero-order valence-electron chi connectivity index (χ0n) is 20.2. The lowest BCUT2D eigenvalue weighted by atomic mass is 9.81. The van der Waals surface area contributed by atoms with Gasteiger partial charge in [-0.1, -0.05) is 6.08 Å². The van der Waals surface area contributed by atoms with Gasteiger partial charge in [0.15, 0.2) is 5.92 Å². The summed E-state index contributed by atoms with van der Waals surface area (Å²) in [7, 11) is 0. The van der Waals surface area contributed by atoms with Crippen LogP contribution in [0, 0.1) is 5.92 Å². The van der Waals surface area contributed by atoms with Gasteiger partial charge in [0.25, 0.3) is 0 Å². The highest BCUT2D eigenvalue weighted by Gasteiger charge is 2.43. The molecule has 2 heterocycles. The molecular formula is C24H42N2O4. The Balaban J connectivity index is 2.06. The fourth-order valence-corrected chi connectivity index (χ4v) is 5.57. The van der Waals surface area contributed by atoms with Gasteiger partial charge in [0, 0.05) is 47.8 Å². The largest absolute Gasteiger partial charge is 0.462 e. The van der Waals surface area contributed by atoms with Crippen LogP contribution < -0.4 is 10.6 Å². The van der Waals surface area contributed by atoms with Gasteiger partial charge in [-0.2, -0.15) is 0 Å². The van der Waals surface area contributed by atoms with Crippen molar-refractivity contribution in [3.05, 3.63) is 12.7 Å². The zero-order chi connectivity index (χ0) is 23.0. The first-order chi connectivity index (χ1) is 13.5. The second kappa shape index (κ2) is 8.62. The molecule has 0 aromatic heterocycles. The van der Waals surface area contributed by atoms with Crippen LogP contribution in [0.4, 0.5) is 0 Å². The summed E-state index contributed by atoms with van der Waals surface area (Å²) < 4.78 is 11.7. The first-order valence-corrected chi connectivity index (χ1v) is 11.1. The van der Waals surface area contributed by atoms with Gasteiger partial charge in [-0.3, -0.25) is 9.59 Å². The molecule has 0 atom stereocenters. The second-order valence-electron chi connectivity index (χ2n) is 11.8. The summed E-state index contributed by atoms with van der Waals surface area (Å²) in [5.41, 5.74) is -0.582. The van der Waals surface area contributed by atoms with Crippen molar-refractivity contribution in [1.82, 2.24) is 10.6 Å². The van der Waals surface area contributed by atoms with Crippen LogP contribution in [0.15, 0.2) is 12.7 Å². The van der Waals surface area contributed by atoms with E-state index in [0.717, 1.165) is 0 Å². The van der Waals surface area contributed by atoms with Gasteiger partial charge >= 0.3 is 11.9 Å². The second-order valence-corrected chi connectivity index (χ2v) is 11.8. The molecule has 0 aliphatic carbocycles. The molecule has 2 fully saturated rings. The Bertz CT molecular complexity index is 582. The third-order valence-corrected chi connectivity index (χ3v) is 5.84. The van der Waals surface area contributed by atoms with E-state index in [1.807, 2.05) is 0 Å². The van der Waals surface area contributed by atoms with E-state index in [2.05, 4.69) is 72.6 Å². The molecule has 6 nitrogen and oxygen atoms in total. The van der Waals surface area contributed by atoms with Crippen LogP contribution in [-0.4, -0.2) is 46.3 Å².